The Labute approximate surface area is 138 Å². The first-order valence-electron chi connectivity index (χ1n) is 7.53. The highest BCUT2D eigenvalue weighted by Gasteiger charge is 2.41. The predicted molar refractivity (Wildman–Crippen MR) is 81.9 cm³/mol. The van der Waals surface area contributed by atoms with E-state index in [2.05, 4.69) is 5.32 Å². The number of hydrogen-bond acceptors (Lipinski definition) is 3. The van der Waals surface area contributed by atoms with Crippen molar-refractivity contribution in [2.75, 3.05) is 12.3 Å². The highest BCUT2D eigenvalue weighted by atomic mass is 32.2. The molecule has 1 aliphatic rings. The van der Waals surface area contributed by atoms with E-state index in [0.29, 0.717) is 0 Å². The molecule has 0 aromatic heterocycles. The molecular weight excluding hydrogens is 345 g/mol. The van der Waals surface area contributed by atoms with Gasteiger partial charge in [0.25, 0.3) is 0 Å². The van der Waals surface area contributed by atoms with Gasteiger partial charge >= 0.3 is 0 Å². The lowest BCUT2D eigenvalue weighted by molar-refractivity contribution is -0.124. The van der Waals surface area contributed by atoms with Crippen molar-refractivity contribution in [3.8, 4) is 0 Å². The Hall–Kier alpha value is -1.61. The van der Waals surface area contributed by atoms with Gasteiger partial charge in [0.1, 0.15) is 6.04 Å². The molecule has 134 valence electrons. The Kier molecular flexibility index (Phi) is 5.54. The van der Waals surface area contributed by atoms with Gasteiger partial charge in [-0.15, -0.1) is 0 Å². The van der Waals surface area contributed by atoms with Crippen molar-refractivity contribution in [1.29, 1.82) is 0 Å². The fourth-order valence-corrected chi connectivity index (χ4v) is 4.45. The highest BCUT2D eigenvalue weighted by molar-refractivity contribution is 7.89. The van der Waals surface area contributed by atoms with Crippen LogP contribution in [-0.4, -0.2) is 37.0 Å². The summed E-state index contributed by atoms with van der Waals surface area (Å²) >= 11 is 0. The number of nitrogens with one attached hydrogen (secondary N) is 1. The first-order valence-corrected chi connectivity index (χ1v) is 9.14. The minimum absolute atomic E-state index is 0.0387. The standard InChI is InChI=1S/C15H19F3N2O3S/c1-9(2)8-20-12(5-6-24(20,22)23)15(21)19-7-10-3-4-11(16)14(18)13(10)17/h3-4,9,12H,5-8H2,1-2H3,(H,19,21). The van der Waals surface area contributed by atoms with Crippen LogP contribution in [0.3, 0.4) is 0 Å². The molecule has 0 saturated carbocycles. The summed E-state index contributed by atoms with van der Waals surface area (Å²) in [5.74, 6) is -4.96. The maximum Gasteiger partial charge on any atom is 0.238 e. The quantitative estimate of drug-likeness (QED) is 0.810. The lowest BCUT2D eigenvalue weighted by Gasteiger charge is -2.24. The molecule has 1 saturated heterocycles. The fourth-order valence-electron chi connectivity index (χ4n) is 2.58. The highest BCUT2D eigenvalue weighted by Crippen LogP contribution is 2.23. The molecule has 2 rings (SSSR count). The van der Waals surface area contributed by atoms with Gasteiger partial charge in [0.15, 0.2) is 17.5 Å². The molecule has 1 atom stereocenters. The molecule has 1 aliphatic heterocycles. The van der Waals surface area contributed by atoms with E-state index in [0.717, 1.165) is 16.4 Å². The molecule has 0 aliphatic carbocycles. The molecule has 1 aromatic rings. The van der Waals surface area contributed by atoms with Crippen molar-refractivity contribution in [2.24, 2.45) is 5.92 Å². The van der Waals surface area contributed by atoms with Crippen LogP contribution in [0.2, 0.25) is 0 Å². The van der Waals surface area contributed by atoms with Gasteiger partial charge in [0.2, 0.25) is 15.9 Å². The first-order chi connectivity index (χ1) is 11.1. The van der Waals surface area contributed by atoms with Gasteiger partial charge < -0.3 is 5.32 Å². The summed E-state index contributed by atoms with van der Waals surface area (Å²) in [6.07, 6.45) is 0.140. The monoisotopic (exact) mass is 364 g/mol. The Morgan fingerprint density at radius 1 is 1.29 bits per heavy atom. The molecule has 0 spiro atoms. The second-order valence-corrected chi connectivity index (χ2v) is 8.18. The number of sulfonamides is 1. The van der Waals surface area contributed by atoms with E-state index in [1.54, 1.807) is 0 Å². The second kappa shape index (κ2) is 7.10. The first kappa shape index (κ1) is 18.7. The topological polar surface area (TPSA) is 66.5 Å². The second-order valence-electron chi connectivity index (χ2n) is 6.14. The molecule has 9 heteroatoms. The molecule has 5 nitrogen and oxygen atoms in total. The van der Waals surface area contributed by atoms with Gasteiger partial charge in [0, 0.05) is 18.7 Å². The Morgan fingerprint density at radius 2 is 1.96 bits per heavy atom. The molecule has 24 heavy (non-hydrogen) atoms. The third-order valence-corrected chi connectivity index (χ3v) is 5.64. The zero-order chi connectivity index (χ0) is 18.1. The number of hydrogen-bond donors (Lipinski definition) is 1. The van der Waals surface area contributed by atoms with E-state index in [-0.39, 0.29) is 36.7 Å². The maximum atomic E-state index is 13.6. The van der Waals surface area contributed by atoms with E-state index in [1.807, 2.05) is 13.8 Å². The van der Waals surface area contributed by atoms with Gasteiger partial charge in [0.05, 0.1) is 5.75 Å². The number of carbonyl (C=O) groups is 1. The summed E-state index contributed by atoms with van der Waals surface area (Å²) in [6.45, 7) is 3.52. The smallest absolute Gasteiger partial charge is 0.238 e. The van der Waals surface area contributed by atoms with Gasteiger partial charge in [-0.05, 0) is 18.4 Å². The number of halogens is 3. The number of benzene rings is 1. The SMILES string of the molecule is CC(C)CN1C(C(=O)NCc2ccc(F)c(F)c2F)CCS1(=O)=O. The van der Waals surface area contributed by atoms with E-state index < -0.39 is 39.4 Å². The summed E-state index contributed by atoms with van der Waals surface area (Å²) in [5.41, 5.74) is -0.210. The van der Waals surface area contributed by atoms with Crippen LogP contribution in [-0.2, 0) is 21.4 Å². The predicted octanol–water partition coefficient (Wildman–Crippen LogP) is 1.78. The molecule has 1 amide bonds. The average molecular weight is 364 g/mol. The number of rotatable bonds is 5. The summed E-state index contributed by atoms with van der Waals surface area (Å²) in [5, 5.41) is 2.40. The molecule has 1 aromatic carbocycles. The van der Waals surface area contributed by atoms with Gasteiger partial charge in [-0.1, -0.05) is 19.9 Å². The molecule has 1 N–H and O–H groups in total. The minimum Gasteiger partial charge on any atom is -0.351 e. The van der Waals surface area contributed by atoms with Crippen LogP contribution in [0.5, 0.6) is 0 Å². The van der Waals surface area contributed by atoms with Crippen molar-refractivity contribution in [3.63, 3.8) is 0 Å². The summed E-state index contributed by atoms with van der Waals surface area (Å²) in [4.78, 5) is 12.3. The van der Waals surface area contributed by atoms with Crippen molar-refractivity contribution >= 4 is 15.9 Å². The summed E-state index contributed by atoms with van der Waals surface area (Å²) in [6, 6.07) is 0.932. The summed E-state index contributed by atoms with van der Waals surface area (Å²) < 4.78 is 64.8. The van der Waals surface area contributed by atoms with Gasteiger partial charge in [-0.2, -0.15) is 4.31 Å². The number of carbonyl (C=O) groups excluding carboxylic acids is 1. The third-order valence-electron chi connectivity index (χ3n) is 3.77. The zero-order valence-corrected chi connectivity index (χ0v) is 14.2. The molecule has 1 unspecified atom stereocenters. The van der Waals surface area contributed by atoms with Crippen molar-refractivity contribution in [1.82, 2.24) is 9.62 Å². The van der Waals surface area contributed by atoms with E-state index in [9.17, 15) is 26.4 Å². The van der Waals surface area contributed by atoms with Crippen LogP contribution in [0.4, 0.5) is 13.2 Å². The molecule has 0 bridgehead atoms. The Balaban J connectivity index is 2.08. The van der Waals surface area contributed by atoms with Crippen LogP contribution in [0.1, 0.15) is 25.8 Å². The van der Waals surface area contributed by atoms with Crippen molar-refractivity contribution in [2.45, 2.75) is 32.9 Å². The van der Waals surface area contributed by atoms with Gasteiger partial charge in [-0.3, -0.25) is 4.79 Å². The molecule has 0 radical (unpaired) electrons. The fraction of sp³-hybridized carbons (Fsp3) is 0.533. The molecular formula is C15H19F3N2O3S. The van der Waals surface area contributed by atoms with Crippen LogP contribution >= 0.6 is 0 Å². The van der Waals surface area contributed by atoms with Crippen LogP contribution < -0.4 is 5.32 Å². The third kappa shape index (κ3) is 3.89. The minimum atomic E-state index is -3.49. The van der Waals surface area contributed by atoms with E-state index in [4.69, 9.17) is 0 Å². The Bertz CT molecular complexity index is 738. The number of amides is 1. The van der Waals surface area contributed by atoms with E-state index in [1.165, 1.54) is 0 Å². The zero-order valence-electron chi connectivity index (χ0n) is 13.4. The largest absolute Gasteiger partial charge is 0.351 e. The van der Waals surface area contributed by atoms with Crippen molar-refractivity contribution in [3.05, 3.63) is 35.1 Å². The maximum absolute atomic E-state index is 13.6. The van der Waals surface area contributed by atoms with E-state index >= 15 is 0 Å². The van der Waals surface area contributed by atoms with Gasteiger partial charge in [-0.25, -0.2) is 21.6 Å². The molecule has 1 fully saturated rings. The lowest BCUT2D eigenvalue weighted by atomic mass is 10.1. The lowest BCUT2D eigenvalue weighted by Crippen LogP contribution is -2.45. The number of nitrogens with zero attached hydrogens (tertiary/aromatic N) is 1. The average Bonchev–Trinajstić information content (AvgIpc) is 2.79. The van der Waals surface area contributed by atoms with Crippen LogP contribution in [0, 0.1) is 23.4 Å². The van der Waals surface area contributed by atoms with Crippen molar-refractivity contribution < 1.29 is 26.4 Å². The van der Waals surface area contributed by atoms with Crippen LogP contribution in [0.15, 0.2) is 12.1 Å². The normalized spacial score (nSPS) is 20.5. The molecule has 1 heterocycles. The van der Waals surface area contributed by atoms with Crippen LogP contribution in [0.25, 0.3) is 0 Å². The Morgan fingerprint density at radius 3 is 2.58 bits per heavy atom. The summed E-state index contributed by atoms with van der Waals surface area (Å²) in [7, 11) is -3.49.